The van der Waals surface area contributed by atoms with E-state index in [9.17, 15) is 4.79 Å². The van der Waals surface area contributed by atoms with E-state index >= 15 is 0 Å². The summed E-state index contributed by atoms with van der Waals surface area (Å²) in [7, 11) is 4.93. The summed E-state index contributed by atoms with van der Waals surface area (Å²) in [5, 5.41) is 0. The van der Waals surface area contributed by atoms with E-state index in [2.05, 4.69) is 0 Å². The minimum atomic E-state index is 0.0292. The Morgan fingerprint density at radius 2 is 1.73 bits per heavy atom. The molecular formula is C18H21NO3. The van der Waals surface area contributed by atoms with Crippen molar-refractivity contribution < 1.29 is 14.3 Å². The maximum atomic E-state index is 12.5. The first-order chi connectivity index (χ1) is 10.6. The lowest BCUT2D eigenvalue weighted by molar-refractivity contribution is -0.117. The van der Waals surface area contributed by atoms with Gasteiger partial charge in [-0.15, -0.1) is 0 Å². The highest BCUT2D eigenvalue weighted by Crippen LogP contribution is 2.31. The maximum absolute atomic E-state index is 12.5. The Balaban J connectivity index is 2.19. The van der Waals surface area contributed by atoms with E-state index in [4.69, 9.17) is 9.47 Å². The zero-order chi connectivity index (χ0) is 16.1. The van der Waals surface area contributed by atoms with Gasteiger partial charge in [-0.1, -0.05) is 24.3 Å². The molecule has 0 atom stereocenters. The molecular weight excluding hydrogens is 278 g/mol. The molecule has 1 amide bonds. The van der Waals surface area contributed by atoms with Crippen molar-refractivity contribution in [2.75, 3.05) is 26.2 Å². The third-order valence-electron chi connectivity index (χ3n) is 3.73. The number of amides is 1. The fourth-order valence-electron chi connectivity index (χ4n) is 2.27. The van der Waals surface area contributed by atoms with Crippen LogP contribution in [0.25, 0.3) is 0 Å². The van der Waals surface area contributed by atoms with Gasteiger partial charge in [-0.3, -0.25) is 4.79 Å². The topological polar surface area (TPSA) is 38.8 Å². The summed E-state index contributed by atoms with van der Waals surface area (Å²) in [6.45, 7) is 2.01. The van der Waals surface area contributed by atoms with Crippen molar-refractivity contribution in [2.45, 2.75) is 13.3 Å². The first kappa shape index (κ1) is 15.9. The van der Waals surface area contributed by atoms with Gasteiger partial charge in [0.1, 0.15) is 0 Å². The van der Waals surface area contributed by atoms with Crippen LogP contribution in [0.2, 0.25) is 0 Å². The Kier molecular flexibility index (Phi) is 5.04. The second kappa shape index (κ2) is 6.98. The Hall–Kier alpha value is -2.49. The molecule has 0 bridgehead atoms. The Labute approximate surface area is 131 Å². The lowest BCUT2D eigenvalue weighted by atomic mass is 10.1. The molecule has 0 aliphatic heterocycles. The average molecular weight is 299 g/mol. The van der Waals surface area contributed by atoms with Gasteiger partial charge in [0.25, 0.3) is 0 Å². The fourth-order valence-corrected chi connectivity index (χ4v) is 2.27. The summed E-state index contributed by atoms with van der Waals surface area (Å²) in [6.07, 6.45) is 0.373. The average Bonchev–Trinajstić information content (AvgIpc) is 2.55. The zero-order valence-electron chi connectivity index (χ0n) is 13.4. The van der Waals surface area contributed by atoms with Gasteiger partial charge in [0.15, 0.2) is 11.5 Å². The van der Waals surface area contributed by atoms with Crippen molar-refractivity contribution in [3.8, 4) is 11.5 Å². The number of hydrogen-bond donors (Lipinski definition) is 0. The number of aryl methyl sites for hydroxylation is 1. The number of rotatable bonds is 5. The van der Waals surface area contributed by atoms with Gasteiger partial charge in [0.2, 0.25) is 5.91 Å². The van der Waals surface area contributed by atoms with E-state index < -0.39 is 0 Å². The summed E-state index contributed by atoms with van der Waals surface area (Å²) in [4.78, 5) is 14.1. The molecule has 0 spiro atoms. The van der Waals surface area contributed by atoms with Gasteiger partial charge in [-0.25, -0.2) is 0 Å². The van der Waals surface area contributed by atoms with Gasteiger partial charge in [0, 0.05) is 18.8 Å². The predicted molar refractivity (Wildman–Crippen MR) is 87.8 cm³/mol. The number of likely N-dealkylation sites (N-methyl/N-ethyl adjacent to an activating group) is 1. The van der Waals surface area contributed by atoms with Crippen LogP contribution in [0.5, 0.6) is 11.5 Å². The van der Waals surface area contributed by atoms with Crippen molar-refractivity contribution >= 4 is 11.6 Å². The van der Waals surface area contributed by atoms with E-state index in [1.54, 1.807) is 38.3 Å². The van der Waals surface area contributed by atoms with Crippen molar-refractivity contribution in [1.29, 1.82) is 0 Å². The molecule has 0 fully saturated rings. The van der Waals surface area contributed by atoms with Crippen LogP contribution in [0.1, 0.15) is 11.1 Å². The van der Waals surface area contributed by atoms with E-state index in [0.29, 0.717) is 17.9 Å². The molecule has 0 aliphatic carbocycles. The highest BCUT2D eigenvalue weighted by Gasteiger charge is 2.15. The van der Waals surface area contributed by atoms with Gasteiger partial charge < -0.3 is 14.4 Å². The van der Waals surface area contributed by atoms with Crippen LogP contribution >= 0.6 is 0 Å². The molecule has 2 rings (SSSR count). The van der Waals surface area contributed by atoms with Gasteiger partial charge >= 0.3 is 0 Å². The normalized spacial score (nSPS) is 10.2. The molecule has 4 nitrogen and oxygen atoms in total. The standard InChI is InChI=1S/C18H21NO3/c1-13-7-5-6-8-14(13)11-18(20)19(2)15-9-10-16(21-3)17(12-15)22-4/h5-10,12H,11H2,1-4H3. The van der Waals surface area contributed by atoms with Crippen LogP contribution in [0.15, 0.2) is 42.5 Å². The number of methoxy groups -OCH3 is 2. The van der Waals surface area contributed by atoms with E-state index in [1.807, 2.05) is 37.3 Å². The fraction of sp³-hybridized carbons (Fsp3) is 0.278. The van der Waals surface area contributed by atoms with E-state index in [1.165, 1.54) is 0 Å². The quantitative estimate of drug-likeness (QED) is 0.851. The van der Waals surface area contributed by atoms with Crippen LogP contribution in [0.3, 0.4) is 0 Å². The molecule has 0 unspecified atom stereocenters. The first-order valence-electron chi connectivity index (χ1n) is 7.10. The molecule has 0 saturated heterocycles. The molecule has 0 N–H and O–H groups in total. The summed E-state index contributed by atoms with van der Waals surface area (Å²) >= 11 is 0. The SMILES string of the molecule is COc1ccc(N(C)C(=O)Cc2ccccc2C)cc1OC. The van der Waals surface area contributed by atoms with Gasteiger partial charge in [-0.2, -0.15) is 0 Å². The maximum Gasteiger partial charge on any atom is 0.231 e. The van der Waals surface area contributed by atoms with Gasteiger partial charge in [0.05, 0.1) is 20.6 Å². The summed E-state index contributed by atoms with van der Waals surface area (Å²) in [5.41, 5.74) is 2.94. The Morgan fingerprint density at radius 3 is 2.36 bits per heavy atom. The molecule has 0 aliphatic rings. The van der Waals surface area contributed by atoms with Crippen LogP contribution in [0, 0.1) is 6.92 Å². The number of carbonyl (C=O) groups is 1. The number of carbonyl (C=O) groups excluding carboxylic acids is 1. The molecule has 2 aromatic carbocycles. The smallest absolute Gasteiger partial charge is 0.231 e. The third kappa shape index (κ3) is 3.39. The molecule has 0 aromatic heterocycles. The minimum Gasteiger partial charge on any atom is -0.493 e. The summed E-state index contributed by atoms with van der Waals surface area (Å²) in [5.74, 6) is 1.28. The number of ether oxygens (including phenoxy) is 2. The number of hydrogen-bond acceptors (Lipinski definition) is 3. The molecule has 0 saturated carbocycles. The molecule has 0 heterocycles. The molecule has 4 heteroatoms. The van der Waals surface area contributed by atoms with E-state index in [-0.39, 0.29) is 5.91 Å². The highest BCUT2D eigenvalue weighted by molar-refractivity contribution is 5.94. The zero-order valence-corrected chi connectivity index (χ0v) is 13.4. The molecule has 116 valence electrons. The van der Waals surface area contributed by atoms with Crippen LogP contribution in [-0.4, -0.2) is 27.2 Å². The lowest BCUT2D eigenvalue weighted by Gasteiger charge is -2.19. The molecule has 22 heavy (non-hydrogen) atoms. The van der Waals surface area contributed by atoms with Crippen molar-refractivity contribution in [3.05, 3.63) is 53.6 Å². The van der Waals surface area contributed by atoms with Crippen LogP contribution in [0.4, 0.5) is 5.69 Å². The lowest BCUT2D eigenvalue weighted by Crippen LogP contribution is -2.28. The number of anilines is 1. The largest absolute Gasteiger partial charge is 0.493 e. The minimum absolute atomic E-state index is 0.0292. The van der Waals surface area contributed by atoms with Crippen LogP contribution < -0.4 is 14.4 Å². The van der Waals surface area contributed by atoms with Crippen molar-refractivity contribution in [2.24, 2.45) is 0 Å². The number of nitrogens with zero attached hydrogens (tertiary/aromatic N) is 1. The highest BCUT2D eigenvalue weighted by atomic mass is 16.5. The van der Waals surface area contributed by atoms with E-state index in [0.717, 1.165) is 16.8 Å². The monoisotopic (exact) mass is 299 g/mol. The van der Waals surface area contributed by atoms with Crippen molar-refractivity contribution in [3.63, 3.8) is 0 Å². The Morgan fingerprint density at radius 1 is 1.05 bits per heavy atom. The predicted octanol–water partition coefficient (Wildman–Crippen LogP) is 3.22. The summed E-state index contributed by atoms with van der Waals surface area (Å²) < 4.78 is 10.5. The van der Waals surface area contributed by atoms with Crippen molar-refractivity contribution in [1.82, 2.24) is 0 Å². The second-order valence-electron chi connectivity index (χ2n) is 5.10. The number of benzene rings is 2. The first-order valence-corrected chi connectivity index (χ1v) is 7.10. The molecule has 2 aromatic rings. The summed E-state index contributed by atoms with van der Waals surface area (Å²) in [6, 6.07) is 13.4. The third-order valence-corrected chi connectivity index (χ3v) is 3.73. The second-order valence-corrected chi connectivity index (χ2v) is 5.10. The van der Waals surface area contributed by atoms with Crippen LogP contribution in [-0.2, 0) is 11.2 Å². The Bertz CT molecular complexity index is 667. The molecule has 0 radical (unpaired) electrons. The van der Waals surface area contributed by atoms with Gasteiger partial charge in [-0.05, 0) is 30.2 Å².